The van der Waals surface area contributed by atoms with Gasteiger partial charge in [0.2, 0.25) is 0 Å². The molecule has 4 heteroatoms. The molecule has 0 saturated carbocycles. The normalized spacial score (nSPS) is 10.3. The number of hydrogen-bond donors (Lipinski definition) is 1. The van der Waals surface area contributed by atoms with Crippen LogP contribution in [0.3, 0.4) is 0 Å². The number of likely N-dealkylation sites (N-methyl/N-ethyl adjacent to an activating group) is 1. The molecule has 0 aliphatic heterocycles. The van der Waals surface area contributed by atoms with Crippen molar-refractivity contribution in [3.8, 4) is 5.75 Å². The van der Waals surface area contributed by atoms with Crippen LogP contribution >= 0.6 is 0 Å². The lowest BCUT2D eigenvalue weighted by molar-refractivity contribution is 0.0788. The second-order valence-corrected chi connectivity index (χ2v) is 4.60. The molecule has 2 aromatic carbocycles. The third-order valence-corrected chi connectivity index (χ3v) is 3.13. The lowest BCUT2D eigenvalue weighted by atomic mass is 10.1. The van der Waals surface area contributed by atoms with Crippen LogP contribution in [0.2, 0.25) is 0 Å². The summed E-state index contributed by atoms with van der Waals surface area (Å²) in [6.07, 6.45) is 0.679. The first-order chi connectivity index (χ1) is 9.59. The van der Waals surface area contributed by atoms with Gasteiger partial charge in [0.25, 0.3) is 5.91 Å². The fourth-order valence-corrected chi connectivity index (χ4v) is 1.96. The number of hydrogen-bond acceptors (Lipinski definition) is 2. The topological polar surface area (TPSA) is 40.5 Å². The minimum Gasteiger partial charge on any atom is -0.507 e. The van der Waals surface area contributed by atoms with Gasteiger partial charge in [0.05, 0.1) is 0 Å². The standard InChI is InChI=1S/C16H16FNO2/c1-18(11-10-12-6-3-2-4-7-12)16(20)15-13(17)8-5-9-14(15)19/h2-9,19H,10-11H2,1H3. The van der Waals surface area contributed by atoms with Gasteiger partial charge in [-0.2, -0.15) is 0 Å². The average molecular weight is 273 g/mol. The molecule has 0 aliphatic rings. The van der Waals surface area contributed by atoms with Crippen molar-refractivity contribution in [2.24, 2.45) is 0 Å². The maximum Gasteiger partial charge on any atom is 0.260 e. The quantitative estimate of drug-likeness (QED) is 0.930. The largest absolute Gasteiger partial charge is 0.507 e. The number of nitrogens with zero attached hydrogens (tertiary/aromatic N) is 1. The summed E-state index contributed by atoms with van der Waals surface area (Å²) >= 11 is 0. The zero-order valence-corrected chi connectivity index (χ0v) is 11.2. The molecule has 2 rings (SSSR count). The van der Waals surface area contributed by atoms with E-state index in [0.717, 1.165) is 11.6 Å². The minimum atomic E-state index is -0.707. The summed E-state index contributed by atoms with van der Waals surface area (Å²) in [5, 5.41) is 9.61. The van der Waals surface area contributed by atoms with E-state index in [2.05, 4.69) is 0 Å². The van der Waals surface area contributed by atoms with Gasteiger partial charge < -0.3 is 10.0 Å². The van der Waals surface area contributed by atoms with Crippen molar-refractivity contribution in [3.05, 3.63) is 65.5 Å². The van der Waals surface area contributed by atoms with E-state index < -0.39 is 11.7 Å². The first-order valence-electron chi connectivity index (χ1n) is 6.36. The third-order valence-electron chi connectivity index (χ3n) is 3.13. The molecule has 3 nitrogen and oxygen atoms in total. The van der Waals surface area contributed by atoms with Crippen LogP contribution in [0.15, 0.2) is 48.5 Å². The molecule has 1 N–H and O–H groups in total. The molecule has 0 spiro atoms. The first-order valence-corrected chi connectivity index (χ1v) is 6.36. The molecule has 0 aliphatic carbocycles. The van der Waals surface area contributed by atoms with Crippen LogP contribution in [0, 0.1) is 5.82 Å². The Morgan fingerprint density at radius 1 is 1.15 bits per heavy atom. The summed E-state index contributed by atoms with van der Waals surface area (Å²) in [4.78, 5) is 13.5. The predicted octanol–water partition coefficient (Wildman–Crippen LogP) is 2.85. The van der Waals surface area contributed by atoms with Crippen LogP contribution in [0.5, 0.6) is 5.75 Å². The highest BCUT2D eigenvalue weighted by atomic mass is 19.1. The number of phenolic OH excluding ortho intramolecular Hbond substituents is 1. The fourth-order valence-electron chi connectivity index (χ4n) is 1.96. The molecular formula is C16H16FNO2. The number of benzene rings is 2. The van der Waals surface area contributed by atoms with Gasteiger partial charge >= 0.3 is 0 Å². The van der Waals surface area contributed by atoms with Gasteiger partial charge in [-0.25, -0.2) is 4.39 Å². The van der Waals surface area contributed by atoms with Crippen molar-refractivity contribution in [1.82, 2.24) is 4.90 Å². The lowest BCUT2D eigenvalue weighted by Gasteiger charge is -2.18. The Morgan fingerprint density at radius 3 is 2.50 bits per heavy atom. The fraction of sp³-hybridized carbons (Fsp3) is 0.188. The van der Waals surface area contributed by atoms with Gasteiger partial charge in [0, 0.05) is 13.6 Å². The smallest absolute Gasteiger partial charge is 0.260 e. The van der Waals surface area contributed by atoms with Gasteiger partial charge in [-0.1, -0.05) is 36.4 Å². The first kappa shape index (κ1) is 14.1. The van der Waals surface area contributed by atoms with Gasteiger partial charge in [-0.05, 0) is 24.1 Å². The second kappa shape index (κ2) is 6.19. The van der Waals surface area contributed by atoms with Crippen LogP contribution in [-0.4, -0.2) is 29.5 Å². The average Bonchev–Trinajstić information content (AvgIpc) is 2.45. The summed E-state index contributed by atoms with van der Waals surface area (Å²) in [6, 6.07) is 13.6. The number of aromatic hydroxyl groups is 1. The summed E-state index contributed by atoms with van der Waals surface area (Å²) in [6.45, 7) is 0.455. The maximum atomic E-state index is 13.6. The van der Waals surface area contributed by atoms with Gasteiger partial charge in [-0.15, -0.1) is 0 Å². The van der Waals surface area contributed by atoms with Crippen molar-refractivity contribution in [3.63, 3.8) is 0 Å². The Labute approximate surface area is 117 Å². The van der Waals surface area contributed by atoms with Gasteiger partial charge in [0.1, 0.15) is 17.1 Å². The molecule has 0 bridgehead atoms. The molecular weight excluding hydrogens is 257 g/mol. The minimum absolute atomic E-state index is 0.275. The zero-order valence-electron chi connectivity index (χ0n) is 11.2. The SMILES string of the molecule is CN(CCc1ccccc1)C(=O)c1c(O)cccc1F. The van der Waals surface area contributed by atoms with Gasteiger partial charge in [-0.3, -0.25) is 4.79 Å². The highest BCUT2D eigenvalue weighted by Gasteiger charge is 2.19. The molecule has 0 saturated heterocycles. The molecule has 0 heterocycles. The van der Waals surface area contributed by atoms with Crippen molar-refractivity contribution >= 4 is 5.91 Å². The Bertz CT molecular complexity index is 578. The van der Waals surface area contributed by atoms with E-state index in [0.29, 0.717) is 13.0 Å². The monoisotopic (exact) mass is 273 g/mol. The molecule has 0 radical (unpaired) electrons. The van der Waals surface area contributed by atoms with Crippen LogP contribution < -0.4 is 0 Å². The summed E-state index contributed by atoms with van der Waals surface area (Å²) in [5.74, 6) is -1.56. The molecule has 0 atom stereocenters. The van der Waals surface area contributed by atoms with E-state index in [1.165, 1.54) is 17.0 Å². The van der Waals surface area contributed by atoms with E-state index in [-0.39, 0.29) is 11.3 Å². The lowest BCUT2D eigenvalue weighted by Crippen LogP contribution is -2.29. The molecule has 0 fully saturated rings. The summed E-state index contributed by atoms with van der Waals surface area (Å²) < 4.78 is 13.6. The third kappa shape index (κ3) is 3.15. The van der Waals surface area contributed by atoms with E-state index in [1.807, 2.05) is 30.3 Å². The molecule has 1 amide bonds. The van der Waals surface area contributed by atoms with Crippen molar-refractivity contribution < 1.29 is 14.3 Å². The van der Waals surface area contributed by atoms with Crippen LogP contribution in [0.4, 0.5) is 4.39 Å². The molecule has 0 aromatic heterocycles. The van der Waals surface area contributed by atoms with E-state index in [4.69, 9.17) is 0 Å². The number of halogens is 1. The van der Waals surface area contributed by atoms with Crippen molar-refractivity contribution in [1.29, 1.82) is 0 Å². The van der Waals surface area contributed by atoms with Crippen molar-refractivity contribution in [2.45, 2.75) is 6.42 Å². The number of rotatable bonds is 4. The second-order valence-electron chi connectivity index (χ2n) is 4.60. The van der Waals surface area contributed by atoms with Crippen LogP contribution in [0.1, 0.15) is 15.9 Å². The molecule has 20 heavy (non-hydrogen) atoms. The van der Waals surface area contributed by atoms with Crippen molar-refractivity contribution in [2.75, 3.05) is 13.6 Å². The summed E-state index contributed by atoms with van der Waals surface area (Å²) in [7, 11) is 1.59. The number of amides is 1. The van der Waals surface area contributed by atoms with E-state index in [9.17, 15) is 14.3 Å². The Kier molecular flexibility index (Phi) is 4.35. The number of carbonyl (C=O) groups excluding carboxylic acids is 1. The Balaban J connectivity index is 2.06. The van der Waals surface area contributed by atoms with E-state index in [1.54, 1.807) is 7.05 Å². The summed E-state index contributed by atoms with van der Waals surface area (Å²) in [5.41, 5.74) is 0.827. The highest BCUT2D eigenvalue weighted by molar-refractivity contribution is 5.96. The molecule has 2 aromatic rings. The number of phenols is 1. The highest BCUT2D eigenvalue weighted by Crippen LogP contribution is 2.21. The predicted molar refractivity (Wildman–Crippen MR) is 75.2 cm³/mol. The molecule has 0 unspecified atom stereocenters. The Hall–Kier alpha value is -2.36. The van der Waals surface area contributed by atoms with Crippen LogP contribution in [-0.2, 0) is 6.42 Å². The zero-order chi connectivity index (χ0) is 14.5. The Morgan fingerprint density at radius 2 is 1.85 bits per heavy atom. The maximum absolute atomic E-state index is 13.6. The van der Waals surface area contributed by atoms with Gasteiger partial charge in [0.15, 0.2) is 0 Å². The number of carbonyl (C=O) groups is 1. The molecule has 104 valence electrons. The van der Waals surface area contributed by atoms with Crippen LogP contribution in [0.25, 0.3) is 0 Å². The van der Waals surface area contributed by atoms with E-state index >= 15 is 0 Å².